The molecule has 0 aliphatic carbocycles. The summed E-state index contributed by atoms with van der Waals surface area (Å²) in [6.45, 7) is -3.05. The lowest BCUT2D eigenvalue weighted by Crippen LogP contribution is -2.12. The monoisotopic (exact) mass is 363 g/mol. The zero-order valence-electron chi connectivity index (χ0n) is 12.6. The van der Waals surface area contributed by atoms with Gasteiger partial charge in [-0.2, -0.15) is 8.78 Å². The molecule has 0 aliphatic heterocycles. The highest BCUT2D eigenvalue weighted by Gasteiger charge is 2.13. The molecule has 6 nitrogen and oxygen atoms in total. The number of ether oxygens (including phenoxy) is 1. The molecular weight excluding hydrogens is 352 g/mol. The summed E-state index contributed by atoms with van der Waals surface area (Å²) in [5, 5.41) is 4.18. The molecule has 0 aliphatic rings. The first-order chi connectivity index (χ1) is 12.0. The van der Waals surface area contributed by atoms with E-state index in [4.69, 9.17) is 16.6 Å². The molecule has 0 N–H and O–H groups in total. The summed E-state index contributed by atoms with van der Waals surface area (Å²) in [6, 6.07) is 8.79. The fourth-order valence-corrected chi connectivity index (χ4v) is 2.25. The zero-order chi connectivity index (χ0) is 17.8. The van der Waals surface area contributed by atoms with Crippen molar-refractivity contribution in [2.75, 3.05) is 0 Å². The second-order valence-electron chi connectivity index (χ2n) is 4.89. The minimum absolute atomic E-state index is 0.0235. The third kappa shape index (κ3) is 4.13. The fraction of sp³-hybridized carbons (Fsp3) is 0.125. The molecule has 2 aromatic heterocycles. The van der Waals surface area contributed by atoms with Gasteiger partial charge in [0.1, 0.15) is 12.3 Å². The van der Waals surface area contributed by atoms with Crippen LogP contribution in [0.2, 0.25) is 0 Å². The van der Waals surface area contributed by atoms with Gasteiger partial charge < -0.3 is 9.15 Å². The van der Waals surface area contributed by atoms with Crippen molar-refractivity contribution in [1.29, 1.82) is 0 Å². The summed E-state index contributed by atoms with van der Waals surface area (Å²) in [4.78, 5) is 16.3. The van der Waals surface area contributed by atoms with E-state index in [2.05, 4.69) is 14.8 Å². The normalized spacial score (nSPS) is 10.8. The van der Waals surface area contributed by atoms with E-state index >= 15 is 0 Å². The fourth-order valence-electron chi connectivity index (χ4n) is 2.07. The molecule has 0 amide bonds. The number of alkyl halides is 2. The zero-order valence-corrected chi connectivity index (χ0v) is 13.5. The minimum atomic E-state index is -2.92. The summed E-state index contributed by atoms with van der Waals surface area (Å²) in [5.41, 5.74) is 0.998. The molecule has 25 heavy (non-hydrogen) atoms. The van der Waals surface area contributed by atoms with Crippen molar-refractivity contribution in [3.8, 4) is 17.2 Å². The Morgan fingerprint density at radius 1 is 1.20 bits per heavy atom. The number of halogens is 2. The van der Waals surface area contributed by atoms with Gasteiger partial charge in [0.2, 0.25) is 5.89 Å². The molecule has 3 aromatic rings. The average Bonchev–Trinajstić information content (AvgIpc) is 2.96. The van der Waals surface area contributed by atoms with Crippen LogP contribution >= 0.6 is 12.2 Å². The molecule has 0 bridgehead atoms. The van der Waals surface area contributed by atoms with Crippen LogP contribution in [0.3, 0.4) is 0 Å². The van der Waals surface area contributed by atoms with Crippen molar-refractivity contribution >= 4 is 18.0 Å². The molecule has 0 saturated carbocycles. The van der Waals surface area contributed by atoms with Gasteiger partial charge in [0.15, 0.2) is 5.78 Å². The lowest BCUT2D eigenvalue weighted by atomic mass is 10.1. The number of carbonyl (C=O) groups excluding carboxylic acids is 1. The van der Waals surface area contributed by atoms with Gasteiger partial charge in [-0.1, -0.05) is 0 Å². The Morgan fingerprint density at radius 3 is 2.52 bits per heavy atom. The minimum Gasteiger partial charge on any atom is -0.435 e. The van der Waals surface area contributed by atoms with Gasteiger partial charge in [-0.15, -0.1) is 5.10 Å². The number of aromatic nitrogens is 3. The highest BCUT2D eigenvalue weighted by atomic mass is 32.1. The van der Waals surface area contributed by atoms with Crippen LogP contribution in [-0.4, -0.2) is 27.2 Å². The largest absolute Gasteiger partial charge is 0.435 e. The third-order valence-corrected chi connectivity index (χ3v) is 3.52. The van der Waals surface area contributed by atoms with Crippen LogP contribution in [0.4, 0.5) is 8.78 Å². The molecule has 128 valence electrons. The van der Waals surface area contributed by atoms with Gasteiger partial charge in [0.25, 0.3) is 4.84 Å². The SMILES string of the molecule is O=C(Cn1nc(-c2ccncc2)oc1=S)c1ccc(OC(F)F)cc1. The number of hydrogen-bond donors (Lipinski definition) is 0. The van der Waals surface area contributed by atoms with Gasteiger partial charge in [-0.25, -0.2) is 4.68 Å². The molecule has 0 fully saturated rings. The number of pyridine rings is 1. The lowest BCUT2D eigenvalue weighted by Gasteiger charge is -2.05. The van der Waals surface area contributed by atoms with E-state index in [1.54, 1.807) is 24.5 Å². The van der Waals surface area contributed by atoms with E-state index in [1.165, 1.54) is 28.9 Å². The van der Waals surface area contributed by atoms with Crippen molar-refractivity contribution < 1.29 is 22.7 Å². The Kier molecular flexibility index (Phi) is 4.94. The van der Waals surface area contributed by atoms with E-state index in [9.17, 15) is 13.6 Å². The van der Waals surface area contributed by atoms with Crippen LogP contribution in [0.15, 0.2) is 53.2 Å². The van der Waals surface area contributed by atoms with Crippen LogP contribution in [0.5, 0.6) is 5.75 Å². The quantitative estimate of drug-likeness (QED) is 0.491. The second kappa shape index (κ2) is 7.31. The van der Waals surface area contributed by atoms with Crippen LogP contribution < -0.4 is 4.74 Å². The molecule has 0 radical (unpaired) electrons. The highest BCUT2D eigenvalue weighted by molar-refractivity contribution is 7.71. The Bertz CT molecular complexity index is 924. The first kappa shape index (κ1) is 16.9. The van der Waals surface area contributed by atoms with Crippen LogP contribution in [0.1, 0.15) is 10.4 Å². The molecular formula is C16H11F2N3O3S. The molecule has 0 unspecified atom stereocenters. The van der Waals surface area contributed by atoms with Crippen molar-refractivity contribution in [1.82, 2.24) is 14.8 Å². The number of rotatable bonds is 6. The van der Waals surface area contributed by atoms with Gasteiger partial charge in [0, 0.05) is 23.5 Å². The average molecular weight is 363 g/mol. The lowest BCUT2D eigenvalue weighted by molar-refractivity contribution is -0.0498. The molecule has 9 heteroatoms. The Morgan fingerprint density at radius 2 is 1.88 bits per heavy atom. The van der Waals surface area contributed by atoms with Crippen molar-refractivity contribution in [2.45, 2.75) is 13.2 Å². The summed E-state index contributed by atoms with van der Waals surface area (Å²) in [5.74, 6) is -0.0419. The smallest absolute Gasteiger partial charge is 0.387 e. The predicted molar refractivity (Wildman–Crippen MR) is 86.0 cm³/mol. The molecule has 2 heterocycles. The highest BCUT2D eigenvalue weighted by Crippen LogP contribution is 2.18. The topological polar surface area (TPSA) is 70.2 Å². The Hall–Kier alpha value is -2.94. The number of hydrogen-bond acceptors (Lipinski definition) is 6. The number of ketones is 1. The second-order valence-corrected chi connectivity index (χ2v) is 5.24. The van der Waals surface area contributed by atoms with Crippen LogP contribution in [-0.2, 0) is 6.54 Å². The molecule has 0 atom stereocenters. The first-order valence-corrected chi connectivity index (χ1v) is 7.50. The molecule has 0 spiro atoms. The van der Waals surface area contributed by atoms with E-state index in [-0.39, 0.29) is 28.8 Å². The van der Waals surface area contributed by atoms with Crippen molar-refractivity contribution in [2.24, 2.45) is 0 Å². The standard InChI is InChI=1S/C16H11F2N3O3S/c17-15(18)23-12-3-1-10(2-4-12)13(22)9-21-16(25)24-14(20-21)11-5-7-19-8-6-11/h1-8,15H,9H2. The predicted octanol–water partition coefficient (Wildman–Crippen LogP) is 3.75. The number of Topliss-reactive ketones (excluding diaryl/α,β-unsaturated/α-hetero) is 1. The van der Waals surface area contributed by atoms with Crippen molar-refractivity contribution in [3.05, 3.63) is 59.2 Å². The molecule has 1 aromatic carbocycles. The van der Waals surface area contributed by atoms with Gasteiger partial charge in [0.05, 0.1) is 0 Å². The van der Waals surface area contributed by atoms with Crippen LogP contribution in [0.25, 0.3) is 11.5 Å². The maximum atomic E-state index is 12.3. The first-order valence-electron chi connectivity index (χ1n) is 7.09. The number of benzene rings is 1. The summed E-state index contributed by atoms with van der Waals surface area (Å²) in [6.07, 6.45) is 3.17. The van der Waals surface area contributed by atoms with Crippen molar-refractivity contribution in [3.63, 3.8) is 0 Å². The van der Waals surface area contributed by atoms with Gasteiger partial charge in [-0.05, 0) is 48.6 Å². The molecule has 0 saturated heterocycles. The van der Waals surface area contributed by atoms with Gasteiger partial charge in [-0.3, -0.25) is 9.78 Å². The maximum Gasteiger partial charge on any atom is 0.387 e. The Balaban J connectivity index is 1.75. The van der Waals surface area contributed by atoms with E-state index < -0.39 is 6.61 Å². The third-order valence-electron chi connectivity index (χ3n) is 3.23. The molecule has 3 rings (SSSR count). The van der Waals surface area contributed by atoms with Gasteiger partial charge >= 0.3 is 6.61 Å². The summed E-state index contributed by atoms with van der Waals surface area (Å²) in [7, 11) is 0. The van der Waals surface area contributed by atoms with E-state index in [1.807, 2.05) is 0 Å². The Labute approximate surface area is 145 Å². The summed E-state index contributed by atoms with van der Waals surface area (Å²) < 4.78 is 35.1. The van der Waals surface area contributed by atoms with E-state index in [0.717, 1.165) is 0 Å². The number of nitrogens with zero attached hydrogens (tertiary/aromatic N) is 3. The van der Waals surface area contributed by atoms with E-state index in [0.29, 0.717) is 11.1 Å². The number of carbonyl (C=O) groups is 1. The maximum absolute atomic E-state index is 12.3. The van der Waals surface area contributed by atoms with Crippen LogP contribution in [0, 0.1) is 4.84 Å². The summed E-state index contributed by atoms with van der Waals surface area (Å²) >= 11 is 5.07.